The molecule has 1 aromatic carbocycles. The number of piperidine rings is 1. The van der Waals surface area contributed by atoms with Gasteiger partial charge in [-0.3, -0.25) is 9.59 Å². The van der Waals surface area contributed by atoms with E-state index in [1.807, 2.05) is 35.2 Å². The van der Waals surface area contributed by atoms with Gasteiger partial charge in [0.05, 0.1) is 6.10 Å². The predicted molar refractivity (Wildman–Crippen MR) is 94.5 cm³/mol. The first-order chi connectivity index (χ1) is 12.2. The van der Waals surface area contributed by atoms with Gasteiger partial charge in [-0.2, -0.15) is 0 Å². The monoisotopic (exact) mass is 345 g/mol. The average molecular weight is 345 g/mol. The Bertz CT molecular complexity index is 585. The van der Waals surface area contributed by atoms with Gasteiger partial charge in [0.15, 0.2) is 0 Å². The van der Waals surface area contributed by atoms with E-state index in [-0.39, 0.29) is 29.9 Å². The third-order valence-corrected chi connectivity index (χ3v) is 5.13. The minimum atomic E-state index is -0.350. The van der Waals surface area contributed by atoms with E-state index >= 15 is 0 Å². The van der Waals surface area contributed by atoms with Gasteiger partial charge in [-0.25, -0.2) is 0 Å². The van der Waals surface area contributed by atoms with Crippen LogP contribution < -0.4 is 11.1 Å². The molecule has 2 aliphatic heterocycles. The zero-order valence-electron chi connectivity index (χ0n) is 14.5. The SMILES string of the molecule is NC[C@H]1CC[C@@H](C(=O)N2CCC(C(=O)NCc3ccccc3)CC2)O1. The molecule has 0 radical (unpaired) electrons. The quantitative estimate of drug-likeness (QED) is 0.835. The molecule has 0 aromatic heterocycles. The van der Waals surface area contributed by atoms with Gasteiger partial charge in [0.2, 0.25) is 5.91 Å². The molecular weight excluding hydrogens is 318 g/mol. The summed E-state index contributed by atoms with van der Waals surface area (Å²) >= 11 is 0. The van der Waals surface area contributed by atoms with Crippen LogP contribution in [0.3, 0.4) is 0 Å². The topological polar surface area (TPSA) is 84.7 Å². The standard InChI is InChI=1S/C19H27N3O3/c20-12-16-6-7-17(25-16)19(24)22-10-8-15(9-11-22)18(23)21-13-14-4-2-1-3-5-14/h1-5,15-17H,6-13,20H2,(H,21,23)/t16-,17+/m1/s1. The molecule has 2 amide bonds. The Labute approximate surface area is 148 Å². The smallest absolute Gasteiger partial charge is 0.251 e. The van der Waals surface area contributed by atoms with Crippen LogP contribution in [0.25, 0.3) is 0 Å². The highest BCUT2D eigenvalue weighted by molar-refractivity contribution is 5.82. The maximum atomic E-state index is 12.5. The van der Waals surface area contributed by atoms with Crippen molar-refractivity contribution in [1.82, 2.24) is 10.2 Å². The molecule has 6 nitrogen and oxygen atoms in total. The van der Waals surface area contributed by atoms with Crippen LogP contribution >= 0.6 is 0 Å². The summed E-state index contributed by atoms with van der Waals surface area (Å²) in [5, 5.41) is 3.00. The molecule has 2 atom stereocenters. The molecule has 0 spiro atoms. The Morgan fingerprint density at radius 3 is 2.48 bits per heavy atom. The Morgan fingerprint density at radius 1 is 1.12 bits per heavy atom. The van der Waals surface area contributed by atoms with E-state index in [0.717, 1.165) is 18.4 Å². The lowest BCUT2D eigenvalue weighted by Crippen LogP contribution is -2.46. The number of hydrogen-bond acceptors (Lipinski definition) is 4. The number of amides is 2. The fraction of sp³-hybridized carbons (Fsp3) is 0.579. The van der Waals surface area contributed by atoms with Crippen molar-refractivity contribution in [3.8, 4) is 0 Å². The van der Waals surface area contributed by atoms with E-state index in [2.05, 4.69) is 5.32 Å². The van der Waals surface area contributed by atoms with E-state index in [1.54, 1.807) is 0 Å². The summed E-state index contributed by atoms with van der Waals surface area (Å²) in [4.78, 5) is 26.7. The molecule has 136 valence electrons. The van der Waals surface area contributed by atoms with Gasteiger partial charge in [-0.1, -0.05) is 30.3 Å². The van der Waals surface area contributed by atoms with Gasteiger partial charge in [-0.15, -0.1) is 0 Å². The molecule has 2 aliphatic rings. The van der Waals surface area contributed by atoms with Crippen molar-refractivity contribution < 1.29 is 14.3 Å². The second kappa shape index (κ2) is 8.45. The summed E-state index contributed by atoms with van der Waals surface area (Å²) in [5.74, 6) is 0.115. The fourth-order valence-electron chi connectivity index (χ4n) is 3.56. The Balaban J connectivity index is 1.42. The van der Waals surface area contributed by atoms with Crippen LogP contribution in [-0.4, -0.2) is 48.6 Å². The maximum Gasteiger partial charge on any atom is 0.251 e. The summed E-state index contributed by atoms with van der Waals surface area (Å²) in [6, 6.07) is 9.88. The molecule has 0 saturated carbocycles. The van der Waals surface area contributed by atoms with E-state index in [0.29, 0.717) is 39.0 Å². The summed E-state index contributed by atoms with van der Waals surface area (Å²) in [6.07, 6.45) is 2.68. The highest BCUT2D eigenvalue weighted by atomic mass is 16.5. The van der Waals surface area contributed by atoms with E-state index < -0.39 is 0 Å². The number of nitrogens with two attached hydrogens (primary N) is 1. The van der Waals surface area contributed by atoms with Crippen LogP contribution in [0.1, 0.15) is 31.2 Å². The molecular formula is C19H27N3O3. The van der Waals surface area contributed by atoms with Crippen LogP contribution in [0.5, 0.6) is 0 Å². The van der Waals surface area contributed by atoms with Gasteiger partial charge < -0.3 is 20.7 Å². The van der Waals surface area contributed by atoms with Crippen LogP contribution in [0.15, 0.2) is 30.3 Å². The number of rotatable bonds is 5. The first kappa shape index (κ1) is 17.9. The van der Waals surface area contributed by atoms with Gasteiger partial charge in [0, 0.05) is 32.1 Å². The Morgan fingerprint density at radius 2 is 1.84 bits per heavy atom. The van der Waals surface area contributed by atoms with Crippen LogP contribution in [-0.2, 0) is 20.9 Å². The number of carbonyl (C=O) groups is 2. The molecule has 0 unspecified atom stereocenters. The van der Waals surface area contributed by atoms with Crippen molar-refractivity contribution in [2.45, 2.75) is 44.4 Å². The first-order valence-electron chi connectivity index (χ1n) is 9.13. The van der Waals surface area contributed by atoms with Crippen LogP contribution in [0, 0.1) is 5.92 Å². The van der Waals surface area contributed by atoms with Gasteiger partial charge in [0.25, 0.3) is 5.91 Å². The molecule has 2 heterocycles. The van der Waals surface area contributed by atoms with Crippen molar-refractivity contribution in [3.05, 3.63) is 35.9 Å². The molecule has 1 aromatic rings. The first-order valence-corrected chi connectivity index (χ1v) is 9.13. The lowest BCUT2D eigenvalue weighted by Gasteiger charge is -2.32. The normalized spacial score (nSPS) is 24.3. The minimum absolute atomic E-state index is 0.00949. The van der Waals surface area contributed by atoms with Crippen molar-refractivity contribution in [2.24, 2.45) is 11.7 Å². The Hall–Kier alpha value is -1.92. The molecule has 6 heteroatoms. The van der Waals surface area contributed by atoms with Gasteiger partial charge >= 0.3 is 0 Å². The van der Waals surface area contributed by atoms with Gasteiger partial charge in [-0.05, 0) is 31.2 Å². The van der Waals surface area contributed by atoms with Gasteiger partial charge in [0.1, 0.15) is 6.10 Å². The fourth-order valence-corrected chi connectivity index (χ4v) is 3.56. The molecule has 25 heavy (non-hydrogen) atoms. The largest absolute Gasteiger partial charge is 0.364 e. The lowest BCUT2D eigenvalue weighted by atomic mass is 9.95. The van der Waals surface area contributed by atoms with Crippen LogP contribution in [0.4, 0.5) is 0 Å². The van der Waals surface area contributed by atoms with Crippen molar-refractivity contribution >= 4 is 11.8 Å². The molecule has 2 saturated heterocycles. The summed E-state index contributed by atoms with van der Waals surface area (Å²) < 4.78 is 5.69. The summed E-state index contributed by atoms with van der Waals surface area (Å²) in [5.41, 5.74) is 6.70. The Kier molecular flexibility index (Phi) is 6.04. The number of nitrogens with one attached hydrogen (secondary N) is 1. The van der Waals surface area contributed by atoms with E-state index in [9.17, 15) is 9.59 Å². The molecule has 3 rings (SSSR count). The second-order valence-corrected chi connectivity index (χ2v) is 6.86. The highest BCUT2D eigenvalue weighted by Gasteiger charge is 2.35. The average Bonchev–Trinajstić information content (AvgIpc) is 3.16. The third kappa shape index (κ3) is 4.58. The molecule has 0 aliphatic carbocycles. The third-order valence-electron chi connectivity index (χ3n) is 5.13. The molecule has 0 bridgehead atoms. The number of ether oxygens (including phenoxy) is 1. The molecule has 2 fully saturated rings. The number of likely N-dealkylation sites (tertiary alicyclic amines) is 1. The lowest BCUT2D eigenvalue weighted by molar-refractivity contribution is -0.145. The summed E-state index contributed by atoms with van der Waals surface area (Å²) in [6.45, 7) is 2.26. The molecule has 3 N–H and O–H groups in total. The minimum Gasteiger partial charge on any atom is -0.364 e. The second-order valence-electron chi connectivity index (χ2n) is 6.86. The number of benzene rings is 1. The van der Waals surface area contributed by atoms with Crippen molar-refractivity contribution in [3.63, 3.8) is 0 Å². The predicted octanol–water partition coefficient (Wildman–Crippen LogP) is 1.05. The number of nitrogens with zero attached hydrogens (tertiary/aromatic N) is 1. The van der Waals surface area contributed by atoms with Crippen molar-refractivity contribution in [2.75, 3.05) is 19.6 Å². The number of hydrogen-bond donors (Lipinski definition) is 2. The van der Waals surface area contributed by atoms with E-state index in [1.165, 1.54) is 0 Å². The zero-order valence-corrected chi connectivity index (χ0v) is 14.5. The summed E-state index contributed by atoms with van der Waals surface area (Å²) in [7, 11) is 0. The van der Waals surface area contributed by atoms with E-state index in [4.69, 9.17) is 10.5 Å². The zero-order chi connectivity index (χ0) is 17.6. The maximum absolute atomic E-state index is 12.5. The van der Waals surface area contributed by atoms with Crippen LogP contribution in [0.2, 0.25) is 0 Å². The highest BCUT2D eigenvalue weighted by Crippen LogP contribution is 2.24. The van der Waals surface area contributed by atoms with Crippen molar-refractivity contribution in [1.29, 1.82) is 0 Å². The number of carbonyl (C=O) groups excluding carboxylic acids is 2.